The van der Waals surface area contributed by atoms with Crippen LogP contribution in [0, 0.1) is 0 Å². The molecule has 0 aromatic heterocycles. The molecule has 1 N–H and O–H groups in total. The fraction of sp³-hybridized carbons (Fsp3) is 0.290. The average molecular weight is 514 g/mol. The van der Waals surface area contributed by atoms with Gasteiger partial charge in [-0.25, -0.2) is 0 Å². The Labute approximate surface area is 222 Å². The highest BCUT2D eigenvalue weighted by molar-refractivity contribution is 6.46. The number of aliphatic hydroxyl groups is 1. The van der Waals surface area contributed by atoms with Gasteiger partial charge >= 0.3 is 0 Å². The number of carbonyl (C=O) groups is 2. The van der Waals surface area contributed by atoms with E-state index >= 15 is 0 Å². The van der Waals surface area contributed by atoms with Gasteiger partial charge in [0.15, 0.2) is 11.5 Å². The van der Waals surface area contributed by atoms with Gasteiger partial charge in [0.2, 0.25) is 0 Å². The van der Waals surface area contributed by atoms with Crippen molar-refractivity contribution in [3.8, 4) is 17.2 Å². The number of amides is 1. The van der Waals surface area contributed by atoms with Crippen molar-refractivity contribution in [2.75, 3.05) is 20.3 Å². The second kappa shape index (κ2) is 10.6. The minimum Gasteiger partial charge on any atom is -0.507 e. The molecule has 1 saturated heterocycles. The molecule has 1 amide bonds. The number of ether oxygens (including phenoxy) is 3. The van der Waals surface area contributed by atoms with Crippen molar-refractivity contribution in [1.82, 2.24) is 4.90 Å². The molecule has 5 rings (SSSR count). The third-order valence-corrected chi connectivity index (χ3v) is 7.00. The Hall–Kier alpha value is -4.26. The van der Waals surface area contributed by atoms with Crippen molar-refractivity contribution in [3.63, 3.8) is 0 Å². The molecule has 2 aliphatic heterocycles. The Morgan fingerprint density at radius 2 is 1.84 bits per heavy atom. The lowest BCUT2D eigenvalue weighted by Crippen LogP contribution is -2.31. The molecule has 0 radical (unpaired) electrons. The number of fused-ring (bicyclic) bond motifs is 1. The van der Waals surface area contributed by atoms with Crippen LogP contribution in [0.2, 0.25) is 0 Å². The van der Waals surface area contributed by atoms with Gasteiger partial charge in [-0.15, -0.1) is 0 Å². The van der Waals surface area contributed by atoms with E-state index in [2.05, 4.69) is 0 Å². The van der Waals surface area contributed by atoms with Gasteiger partial charge in [0.1, 0.15) is 17.6 Å². The van der Waals surface area contributed by atoms with Gasteiger partial charge in [-0.2, -0.15) is 0 Å². The van der Waals surface area contributed by atoms with Crippen molar-refractivity contribution in [2.24, 2.45) is 0 Å². The summed E-state index contributed by atoms with van der Waals surface area (Å²) >= 11 is 0. The first kappa shape index (κ1) is 25.4. The molecule has 2 heterocycles. The van der Waals surface area contributed by atoms with Crippen molar-refractivity contribution in [1.29, 1.82) is 0 Å². The minimum absolute atomic E-state index is 0.0438. The van der Waals surface area contributed by atoms with Crippen LogP contribution in [0.5, 0.6) is 17.2 Å². The zero-order chi connectivity index (χ0) is 26.8. The Kier molecular flexibility index (Phi) is 7.09. The number of methoxy groups -OCH3 is 1. The zero-order valence-corrected chi connectivity index (χ0v) is 21.8. The number of aliphatic hydroxyl groups excluding tert-OH is 1. The maximum absolute atomic E-state index is 13.4. The van der Waals surface area contributed by atoms with E-state index in [0.717, 1.165) is 16.9 Å². The quantitative estimate of drug-likeness (QED) is 0.257. The van der Waals surface area contributed by atoms with Crippen LogP contribution in [-0.4, -0.2) is 48.1 Å². The normalized spacial score (nSPS) is 19.8. The number of nitrogens with zero attached hydrogens (tertiary/aromatic N) is 1. The Bertz CT molecular complexity index is 1400. The van der Waals surface area contributed by atoms with Crippen LogP contribution in [-0.2, 0) is 22.4 Å². The van der Waals surface area contributed by atoms with Crippen LogP contribution < -0.4 is 14.2 Å². The summed E-state index contributed by atoms with van der Waals surface area (Å²) in [5.41, 5.74) is 3.19. The van der Waals surface area contributed by atoms with Gasteiger partial charge in [-0.3, -0.25) is 9.59 Å². The molecule has 3 aromatic carbocycles. The smallest absolute Gasteiger partial charge is 0.295 e. The van der Waals surface area contributed by atoms with Crippen LogP contribution in [0.25, 0.3) is 5.76 Å². The van der Waals surface area contributed by atoms with Crippen LogP contribution in [0.3, 0.4) is 0 Å². The summed E-state index contributed by atoms with van der Waals surface area (Å²) < 4.78 is 17.0. The molecule has 0 bridgehead atoms. The van der Waals surface area contributed by atoms with Crippen molar-refractivity contribution >= 4 is 17.4 Å². The maximum atomic E-state index is 13.4. The lowest BCUT2D eigenvalue weighted by Gasteiger charge is -2.26. The molecular weight excluding hydrogens is 482 g/mol. The van der Waals surface area contributed by atoms with Crippen molar-refractivity contribution < 1.29 is 28.9 Å². The van der Waals surface area contributed by atoms with Crippen molar-refractivity contribution in [2.45, 2.75) is 38.8 Å². The standard InChI is InChI=1S/C31H31NO6/c1-4-37-25-13-10-21(18-26(25)36-3)28-27(29(33)22-11-12-24-23(17-22)16-19(2)38-24)30(34)31(35)32(28)15-14-20-8-6-5-7-9-20/h5-13,17-19,28,33H,4,14-16H2,1-3H3/t19-,28+/m0/s1. The van der Waals surface area contributed by atoms with E-state index in [4.69, 9.17) is 14.2 Å². The number of ketones is 1. The second-order valence-corrected chi connectivity index (χ2v) is 9.53. The first-order chi connectivity index (χ1) is 18.4. The molecule has 196 valence electrons. The van der Waals surface area contributed by atoms with Gasteiger partial charge in [0.25, 0.3) is 11.7 Å². The topological polar surface area (TPSA) is 85.3 Å². The predicted molar refractivity (Wildman–Crippen MR) is 144 cm³/mol. The van der Waals surface area contributed by atoms with E-state index in [-0.39, 0.29) is 17.4 Å². The molecule has 0 unspecified atom stereocenters. The number of hydrogen-bond donors (Lipinski definition) is 1. The summed E-state index contributed by atoms with van der Waals surface area (Å²) in [6, 6.07) is 19.7. The number of rotatable bonds is 8. The summed E-state index contributed by atoms with van der Waals surface area (Å²) in [5, 5.41) is 11.5. The van der Waals surface area contributed by atoms with Crippen LogP contribution in [0.15, 0.2) is 72.3 Å². The molecule has 38 heavy (non-hydrogen) atoms. The first-order valence-corrected chi connectivity index (χ1v) is 12.8. The van der Waals surface area contributed by atoms with Crippen molar-refractivity contribution in [3.05, 3.63) is 94.6 Å². The Morgan fingerprint density at radius 1 is 1.05 bits per heavy atom. The Morgan fingerprint density at radius 3 is 2.58 bits per heavy atom. The molecule has 0 spiro atoms. The van der Waals surface area contributed by atoms with Gasteiger partial charge in [0, 0.05) is 18.5 Å². The van der Waals surface area contributed by atoms with E-state index in [0.29, 0.717) is 48.6 Å². The summed E-state index contributed by atoms with van der Waals surface area (Å²) in [7, 11) is 1.54. The summed E-state index contributed by atoms with van der Waals surface area (Å²) in [6.45, 7) is 4.64. The van der Waals surface area contributed by atoms with Crippen LogP contribution in [0.4, 0.5) is 0 Å². The van der Waals surface area contributed by atoms with E-state index in [1.807, 2.05) is 56.3 Å². The van der Waals surface area contributed by atoms with Gasteiger partial charge in [0.05, 0.1) is 25.3 Å². The van der Waals surface area contributed by atoms with Gasteiger partial charge in [-0.1, -0.05) is 36.4 Å². The van der Waals surface area contributed by atoms with Gasteiger partial charge in [-0.05, 0) is 67.3 Å². The van der Waals surface area contributed by atoms with E-state index in [1.54, 1.807) is 31.4 Å². The molecule has 2 atom stereocenters. The molecule has 3 aromatic rings. The summed E-state index contributed by atoms with van der Waals surface area (Å²) in [5.74, 6) is 0.266. The fourth-order valence-corrected chi connectivity index (χ4v) is 5.21. The highest BCUT2D eigenvalue weighted by Gasteiger charge is 2.46. The first-order valence-electron chi connectivity index (χ1n) is 12.8. The van der Waals surface area contributed by atoms with Crippen LogP contribution >= 0.6 is 0 Å². The SMILES string of the molecule is CCOc1ccc([C@@H]2C(=C(O)c3ccc4c(c3)C[C@H](C)O4)C(=O)C(=O)N2CCc2ccccc2)cc1OC. The Balaban J connectivity index is 1.60. The largest absolute Gasteiger partial charge is 0.507 e. The lowest BCUT2D eigenvalue weighted by atomic mass is 9.94. The van der Waals surface area contributed by atoms with E-state index in [9.17, 15) is 14.7 Å². The number of carbonyl (C=O) groups excluding carboxylic acids is 2. The minimum atomic E-state index is -0.785. The molecule has 7 heteroatoms. The molecule has 0 aliphatic carbocycles. The predicted octanol–water partition coefficient (Wildman–Crippen LogP) is 5.08. The maximum Gasteiger partial charge on any atom is 0.295 e. The number of hydrogen-bond acceptors (Lipinski definition) is 6. The highest BCUT2D eigenvalue weighted by atomic mass is 16.5. The second-order valence-electron chi connectivity index (χ2n) is 9.53. The number of likely N-dealkylation sites (tertiary alicyclic amines) is 1. The highest BCUT2D eigenvalue weighted by Crippen LogP contribution is 2.42. The fourth-order valence-electron chi connectivity index (χ4n) is 5.21. The zero-order valence-electron chi connectivity index (χ0n) is 21.8. The number of Topliss-reactive ketones (excluding diaryl/α,β-unsaturated/α-hetero) is 1. The monoisotopic (exact) mass is 513 g/mol. The molecular formula is C31H31NO6. The van der Waals surface area contributed by atoms with Gasteiger partial charge < -0.3 is 24.2 Å². The van der Waals surface area contributed by atoms with Crippen LogP contribution in [0.1, 0.15) is 42.1 Å². The average Bonchev–Trinajstić information content (AvgIpc) is 3.43. The molecule has 0 saturated carbocycles. The molecule has 1 fully saturated rings. The van der Waals surface area contributed by atoms with E-state index < -0.39 is 17.7 Å². The lowest BCUT2D eigenvalue weighted by molar-refractivity contribution is -0.139. The van der Waals surface area contributed by atoms with E-state index in [1.165, 1.54) is 4.90 Å². The molecule has 7 nitrogen and oxygen atoms in total. The summed E-state index contributed by atoms with van der Waals surface area (Å²) in [6.07, 6.45) is 1.32. The third-order valence-electron chi connectivity index (χ3n) is 7.00. The molecule has 2 aliphatic rings. The third kappa shape index (κ3) is 4.72. The number of benzene rings is 3. The summed E-state index contributed by atoms with van der Waals surface area (Å²) in [4.78, 5) is 28.3.